The van der Waals surface area contributed by atoms with Crippen molar-refractivity contribution in [2.75, 3.05) is 24.6 Å². The van der Waals surface area contributed by atoms with E-state index in [9.17, 15) is 14.7 Å². The topological polar surface area (TPSA) is 60.9 Å². The van der Waals surface area contributed by atoms with E-state index in [1.807, 2.05) is 23.1 Å². The van der Waals surface area contributed by atoms with Gasteiger partial charge in [0.15, 0.2) is 0 Å². The lowest BCUT2D eigenvalue weighted by Crippen LogP contribution is -2.44. The summed E-state index contributed by atoms with van der Waals surface area (Å²) in [6.07, 6.45) is 4.56. The number of aliphatic hydroxyl groups is 1. The van der Waals surface area contributed by atoms with Gasteiger partial charge >= 0.3 is 0 Å². The molecule has 0 radical (unpaired) electrons. The summed E-state index contributed by atoms with van der Waals surface area (Å²) in [6, 6.07) is 5.79. The van der Waals surface area contributed by atoms with Crippen LogP contribution in [0.3, 0.4) is 0 Å². The number of carbonyl (C=O) groups is 2. The molecule has 1 aromatic carbocycles. The van der Waals surface area contributed by atoms with E-state index < -0.39 is 0 Å². The first-order valence-electron chi connectivity index (χ1n) is 8.44. The number of amides is 2. The zero-order valence-corrected chi connectivity index (χ0v) is 13.6. The maximum absolute atomic E-state index is 12.9. The van der Waals surface area contributed by atoms with Gasteiger partial charge in [-0.25, -0.2) is 0 Å². The van der Waals surface area contributed by atoms with Crippen molar-refractivity contribution >= 4 is 17.5 Å². The van der Waals surface area contributed by atoms with Gasteiger partial charge < -0.3 is 14.9 Å². The Morgan fingerprint density at radius 3 is 2.83 bits per heavy atom. The molecule has 2 aliphatic heterocycles. The molecule has 23 heavy (non-hydrogen) atoms. The summed E-state index contributed by atoms with van der Waals surface area (Å²) in [5.74, 6) is 0.0918. The van der Waals surface area contributed by atoms with Crippen molar-refractivity contribution in [1.82, 2.24) is 4.90 Å². The van der Waals surface area contributed by atoms with Gasteiger partial charge in [-0.2, -0.15) is 0 Å². The second-order valence-corrected chi connectivity index (χ2v) is 6.42. The van der Waals surface area contributed by atoms with Crippen molar-refractivity contribution in [3.05, 3.63) is 29.3 Å². The first-order chi connectivity index (χ1) is 11.1. The first-order valence-corrected chi connectivity index (χ1v) is 8.44. The van der Waals surface area contributed by atoms with Crippen LogP contribution in [-0.4, -0.2) is 47.6 Å². The standard InChI is InChI=1S/C18H24N2O3/c1-13(22)19-10-7-14-12-15(5-6-17(14)19)18(23)20-9-3-2-4-16(20)8-11-21/h5-6,12,16,21H,2-4,7-11H2,1H3. The van der Waals surface area contributed by atoms with Crippen molar-refractivity contribution in [3.63, 3.8) is 0 Å². The summed E-state index contributed by atoms with van der Waals surface area (Å²) in [7, 11) is 0. The van der Waals surface area contributed by atoms with E-state index in [2.05, 4.69) is 0 Å². The fraction of sp³-hybridized carbons (Fsp3) is 0.556. The minimum absolute atomic E-state index is 0.0434. The highest BCUT2D eigenvalue weighted by Crippen LogP contribution is 2.30. The van der Waals surface area contributed by atoms with Gasteiger partial charge in [-0.1, -0.05) is 0 Å². The number of hydrogen-bond acceptors (Lipinski definition) is 3. The smallest absolute Gasteiger partial charge is 0.254 e. The number of rotatable bonds is 3. The third kappa shape index (κ3) is 3.11. The first kappa shape index (κ1) is 16.0. The summed E-state index contributed by atoms with van der Waals surface area (Å²) in [5.41, 5.74) is 2.69. The maximum atomic E-state index is 12.9. The highest BCUT2D eigenvalue weighted by Gasteiger charge is 2.29. The number of carbonyl (C=O) groups excluding carboxylic acids is 2. The Kier molecular flexibility index (Phi) is 4.66. The van der Waals surface area contributed by atoms with Crippen LogP contribution < -0.4 is 4.90 Å². The van der Waals surface area contributed by atoms with E-state index >= 15 is 0 Å². The predicted molar refractivity (Wildman–Crippen MR) is 88.6 cm³/mol. The van der Waals surface area contributed by atoms with Crippen LogP contribution >= 0.6 is 0 Å². The molecule has 2 amide bonds. The zero-order chi connectivity index (χ0) is 16.4. The van der Waals surface area contributed by atoms with Crippen LogP contribution in [0.5, 0.6) is 0 Å². The summed E-state index contributed by atoms with van der Waals surface area (Å²) in [4.78, 5) is 28.2. The van der Waals surface area contributed by atoms with Crippen LogP contribution in [0.1, 0.15) is 48.5 Å². The number of fused-ring (bicyclic) bond motifs is 1. The Morgan fingerprint density at radius 2 is 2.09 bits per heavy atom. The summed E-state index contributed by atoms with van der Waals surface area (Å²) in [6.45, 7) is 3.15. The molecule has 3 rings (SSSR count). The number of aliphatic hydroxyl groups excluding tert-OH is 1. The Hall–Kier alpha value is -1.88. The van der Waals surface area contributed by atoms with Gasteiger partial charge in [-0.3, -0.25) is 9.59 Å². The van der Waals surface area contributed by atoms with E-state index in [0.717, 1.165) is 43.5 Å². The van der Waals surface area contributed by atoms with Crippen LogP contribution in [-0.2, 0) is 11.2 Å². The van der Waals surface area contributed by atoms with Crippen LogP contribution in [0, 0.1) is 0 Å². The molecule has 1 saturated heterocycles. The van der Waals surface area contributed by atoms with Gasteiger partial charge in [0.25, 0.3) is 5.91 Å². The third-order valence-corrected chi connectivity index (χ3v) is 4.95. The fourth-order valence-corrected chi connectivity index (χ4v) is 3.74. The van der Waals surface area contributed by atoms with Crippen LogP contribution in [0.15, 0.2) is 18.2 Å². The van der Waals surface area contributed by atoms with Crippen molar-refractivity contribution in [2.24, 2.45) is 0 Å². The summed E-state index contributed by atoms with van der Waals surface area (Å²) >= 11 is 0. The lowest BCUT2D eigenvalue weighted by molar-refractivity contribution is -0.116. The predicted octanol–water partition coefficient (Wildman–Crippen LogP) is 1.97. The Morgan fingerprint density at radius 1 is 1.26 bits per heavy atom. The average molecular weight is 316 g/mol. The van der Waals surface area contributed by atoms with Gasteiger partial charge in [0, 0.05) is 43.9 Å². The van der Waals surface area contributed by atoms with E-state index in [-0.39, 0.29) is 24.5 Å². The molecule has 2 aliphatic rings. The molecule has 2 heterocycles. The Labute approximate surface area is 136 Å². The minimum Gasteiger partial charge on any atom is -0.396 e. The normalized spacial score (nSPS) is 20.5. The van der Waals surface area contributed by atoms with Gasteiger partial charge in [0.05, 0.1) is 0 Å². The molecule has 0 aromatic heterocycles. The fourth-order valence-electron chi connectivity index (χ4n) is 3.74. The highest BCUT2D eigenvalue weighted by molar-refractivity contribution is 5.98. The molecule has 0 saturated carbocycles. The molecule has 0 bridgehead atoms. The lowest BCUT2D eigenvalue weighted by Gasteiger charge is -2.35. The Bertz CT molecular complexity index is 612. The molecule has 5 nitrogen and oxygen atoms in total. The van der Waals surface area contributed by atoms with Crippen molar-refractivity contribution in [3.8, 4) is 0 Å². The largest absolute Gasteiger partial charge is 0.396 e. The minimum atomic E-state index is 0.0434. The second-order valence-electron chi connectivity index (χ2n) is 6.42. The highest BCUT2D eigenvalue weighted by atomic mass is 16.3. The summed E-state index contributed by atoms with van der Waals surface area (Å²) in [5, 5.41) is 9.22. The van der Waals surface area contributed by atoms with E-state index in [1.165, 1.54) is 0 Å². The molecule has 1 fully saturated rings. The average Bonchev–Trinajstić information content (AvgIpc) is 2.98. The van der Waals surface area contributed by atoms with Crippen molar-refractivity contribution in [2.45, 2.75) is 45.1 Å². The van der Waals surface area contributed by atoms with Crippen molar-refractivity contribution < 1.29 is 14.7 Å². The molecule has 124 valence electrons. The van der Waals surface area contributed by atoms with Gasteiger partial charge in [0.1, 0.15) is 0 Å². The molecule has 1 aromatic rings. The number of nitrogens with zero attached hydrogens (tertiary/aromatic N) is 2. The van der Waals surface area contributed by atoms with Crippen molar-refractivity contribution in [1.29, 1.82) is 0 Å². The number of hydrogen-bond donors (Lipinski definition) is 1. The molecular formula is C18H24N2O3. The number of piperidine rings is 1. The second kappa shape index (κ2) is 6.71. The quantitative estimate of drug-likeness (QED) is 0.927. The van der Waals surface area contributed by atoms with E-state index in [4.69, 9.17) is 0 Å². The van der Waals surface area contributed by atoms with E-state index in [1.54, 1.807) is 11.8 Å². The van der Waals surface area contributed by atoms with Crippen LogP contribution in [0.25, 0.3) is 0 Å². The van der Waals surface area contributed by atoms with Gasteiger partial charge in [0.2, 0.25) is 5.91 Å². The zero-order valence-electron chi connectivity index (χ0n) is 13.6. The molecule has 5 heteroatoms. The number of likely N-dealkylation sites (tertiary alicyclic amines) is 1. The van der Waals surface area contributed by atoms with Crippen LogP contribution in [0.4, 0.5) is 5.69 Å². The summed E-state index contributed by atoms with van der Waals surface area (Å²) < 4.78 is 0. The molecule has 0 aliphatic carbocycles. The third-order valence-electron chi connectivity index (χ3n) is 4.95. The molecule has 0 spiro atoms. The number of anilines is 1. The molecule has 1 unspecified atom stereocenters. The van der Waals surface area contributed by atoms with Gasteiger partial charge in [-0.05, 0) is 55.9 Å². The molecular weight excluding hydrogens is 292 g/mol. The maximum Gasteiger partial charge on any atom is 0.254 e. The number of benzene rings is 1. The van der Waals surface area contributed by atoms with Crippen LogP contribution in [0.2, 0.25) is 0 Å². The monoisotopic (exact) mass is 316 g/mol. The molecule has 1 N–H and O–H groups in total. The van der Waals surface area contributed by atoms with E-state index in [0.29, 0.717) is 18.5 Å². The molecule has 1 atom stereocenters. The lowest BCUT2D eigenvalue weighted by atomic mass is 9.98. The SMILES string of the molecule is CC(=O)N1CCc2cc(C(=O)N3CCCCC3CCO)ccc21. The van der Waals surface area contributed by atoms with Gasteiger partial charge in [-0.15, -0.1) is 0 Å². The Balaban J connectivity index is 1.81.